The number of likely N-dealkylation sites (N-methyl/N-ethyl adjacent to an activating group) is 1. The second kappa shape index (κ2) is 5.87. The van der Waals surface area contributed by atoms with Gasteiger partial charge in [0.05, 0.1) is 5.75 Å². The van der Waals surface area contributed by atoms with Crippen LogP contribution in [0, 0.1) is 11.8 Å². The highest BCUT2D eigenvalue weighted by molar-refractivity contribution is 7.89. The lowest BCUT2D eigenvalue weighted by atomic mass is 10.2. The first kappa shape index (κ1) is 15.2. The van der Waals surface area contributed by atoms with Crippen molar-refractivity contribution in [1.82, 2.24) is 4.31 Å². The second-order valence-electron chi connectivity index (χ2n) is 5.20. The van der Waals surface area contributed by atoms with E-state index in [4.69, 9.17) is 5.73 Å². The van der Waals surface area contributed by atoms with Crippen LogP contribution in [0.5, 0.6) is 0 Å². The molecule has 17 heavy (non-hydrogen) atoms. The second-order valence-corrected chi connectivity index (χ2v) is 7.35. The summed E-state index contributed by atoms with van der Waals surface area (Å²) < 4.78 is 25.7. The van der Waals surface area contributed by atoms with Crippen molar-refractivity contribution in [3.05, 3.63) is 0 Å². The maximum atomic E-state index is 12.1. The Morgan fingerprint density at radius 1 is 1.29 bits per heavy atom. The highest BCUT2D eigenvalue weighted by Crippen LogP contribution is 2.36. The average Bonchev–Trinajstić information content (AvgIpc) is 3.09. The summed E-state index contributed by atoms with van der Waals surface area (Å²) in [6.07, 6.45) is 5.51. The molecule has 0 saturated heterocycles. The van der Waals surface area contributed by atoms with E-state index in [1.54, 1.807) is 7.05 Å². The minimum Gasteiger partial charge on any atom is -0.329 e. The van der Waals surface area contributed by atoms with E-state index >= 15 is 0 Å². The van der Waals surface area contributed by atoms with Crippen molar-refractivity contribution in [3.8, 4) is 0 Å². The molecule has 0 aromatic heterocycles. The first-order chi connectivity index (χ1) is 7.54. The Morgan fingerprint density at radius 3 is 2.29 bits per heavy atom. The van der Waals surface area contributed by atoms with Gasteiger partial charge in [-0.25, -0.2) is 12.7 Å². The van der Waals surface area contributed by atoms with Gasteiger partial charge in [-0.05, 0) is 31.1 Å². The number of hydrogen-bond acceptors (Lipinski definition) is 3. The van der Waals surface area contributed by atoms with Crippen LogP contribution in [-0.4, -0.2) is 38.1 Å². The SMILES string of the molecule is CN(C(CN)C1CC1)S(=O)(=O)CCC1CC1.Cl. The fourth-order valence-corrected chi connectivity index (χ4v) is 3.78. The Morgan fingerprint density at radius 2 is 1.88 bits per heavy atom. The first-order valence-electron chi connectivity index (χ1n) is 6.20. The lowest BCUT2D eigenvalue weighted by molar-refractivity contribution is 0.340. The molecule has 2 aliphatic carbocycles. The number of halogens is 1. The van der Waals surface area contributed by atoms with E-state index in [9.17, 15) is 8.42 Å². The summed E-state index contributed by atoms with van der Waals surface area (Å²) in [5.41, 5.74) is 5.67. The van der Waals surface area contributed by atoms with Gasteiger partial charge in [-0.2, -0.15) is 0 Å². The monoisotopic (exact) mass is 282 g/mol. The number of hydrogen-bond donors (Lipinski definition) is 1. The molecular weight excluding hydrogens is 260 g/mol. The molecule has 6 heteroatoms. The summed E-state index contributed by atoms with van der Waals surface area (Å²) in [4.78, 5) is 0. The van der Waals surface area contributed by atoms with Gasteiger partial charge in [0.15, 0.2) is 0 Å². The lowest BCUT2D eigenvalue weighted by Crippen LogP contribution is -2.44. The van der Waals surface area contributed by atoms with Crippen molar-refractivity contribution in [1.29, 1.82) is 0 Å². The van der Waals surface area contributed by atoms with Crippen molar-refractivity contribution in [2.45, 2.75) is 38.1 Å². The molecule has 0 radical (unpaired) electrons. The largest absolute Gasteiger partial charge is 0.329 e. The van der Waals surface area contributed by atoms with Gasteiger partial charge >= 0.3 is 0 Å². The Balaban J connectivity index is 0.00000144. The fraction of sp³-hybridized carbons (Fsp3) is 1.00. The first-order valence-corrected chi connectivity index (χ1v) is 7.81. The van der Waals surface area contributed by atoms with Crippen molar-refractivity contribution in [3.63, 3.8) is 0 Å². The molecule has 2 aliphatic rings. The summed E-state index contributed by atoms with van der Waals surface area (Å²) in [6.45, 7) is 0.448. The van der Waals surface area contributed by atoms with Crippen LogP contribution in [0.25, 0.3) is 0 Å². The highest BCUT2D eigenvalue weighted by atomic mass is 35.5. The van der Waals surface area contributed by atoms with Crippen molar-refractivity contribution in [2.75, 3.05) is 19.3 Å². The van der Waals surface area contributed by atoms with Crippen LogP contribution in [0.4, 0.5) is 0 Å². The summed E-state index contributed by atoms with van der Waals surface area (Å²) in [5.74, 6) is 1.48. The van der Waals surface area contributed by atoms with E-state index in [1.807, 2.05) is 0 Å². The highest BCUT2D eigenvalue weighted by Gasteiger charge is 2.37. The molecule has 0 heterocycles. The van der Waals surface area contributed by atoms with Gasteiger partial charge < -0.3 is 5.73 Å². The van der Waals surface area contributed by atoms with Crippen LogP contribution in [0.15, 0.2) is 0 Å². The number of nitrogens with zero attached hydrogens (tertiary/aromatic N) is 1. The van der Waals surface area contributed by atoms with E-state index in [0.29, 0.717) is 24.1 Å². The molecule has 0 spiro atoms. The molecule has 0 aromatic rings. The van der Waals surface area contributed by atoms with Gasteiger partial charge in [-0.3, -0.25) is 0 Å². The van der Waals surface area contributed by atoms with Gasteiger partial charge in [0.1, 0.15) is 0 Å². The Kier molecular flexibility index (Phi) is 5.25. The maximum absolute atomic E-state index is 12.1. The third-order valence-corrected chi connectivity index (χ3v) is 5.69. The van der Waals surface area contributed by atoms with Crippen LogP contribution in [-0.2, 0) is 10.0 Å². The van der Waals surface area contributed by atoms with Gasteiger partial charge in [0, 0.05) is 19.6 Å². The van der Waals surface area contributed by atoms with Crippen LogP contribution < -0.4 is 5.73 Å². The van der Waals surface area contributed by atoms with E-state index in [0.717, 1.165) is 19.3 Å². The molecule has 0 aromatic carbocycles. The normalized spacial score (nSPS) is 22.3. The minimum absolute atomic E-state index is 0. The molecule has 0 bridgehead atoms. The quantitative estimate of drug-likeness (QED) is 0.763. The molecule has 2 N–H and O–H groups in total. The fourth-order valence-electron chi connectivity index (χ4n) is 2.19. The topological polar surface area (TPSA) is 63.4 Å². The van der Waals surface area contributed by atoms with E-state index in [2.05, 4.69) is 0 Å². The zero-order valence-electron chi connectivity index (χ0n) is 10.3. The maximum Gasteiger partial charge on any atom is 0.214 e. The Bertz CT molecular complexity index is 339. The van der Waals surface area contributed by atoms with Gasteiger partial charge in [0.2, 0.25) is 10.0 Å². The van der Waals surface area contributed by atoms with Crippen LogP contribution >= 0.6 is 12.4 Å². The smallest absolute Gasteiger partial charge is 0.214 e. The Labute approximate surface area is 110 Å². The van der Waals surface area contributed by atoms with Crippen LogP contribution in [0.2, 0.25) is 0 Å². The zero-order valence-corrected chi connectivity index (χ0v) is 12.0. The predicted octanol–water partition coefficient (Wildman–Crippen LogP) is 1.21. The van der Waals surface area contributed by atoms with Gasteiger partial charge in [0.25, 0.3) is 0 Å². The number of nitrogens with two attached hydrogens (primary N) is 1. The molecule has 102 valence electrons. The third-order valence-electron chi connectivity index (χ3n) is 3.79. The molecule has 0 amide bonds. The molecule has 2 rings (SSSR count). The summed E-state index contributed by atoms with van der Waals surface area (Å²) >= 11 is 0. The van der Waals surface area contributed by atoms with Crippen molar-refractivity contribution < 1.29 is 8.42 Å². The molecule has 2 fully saturated rings. The average molecular weight is 283 g/mol. The van der Waals surface area contributed by atoms with E-state index in [-0.39, 0.29) is 18.4 Å². The number of sulfonamides is 1. The standard InChI is InChI=1S/C11H22N2O2S.ClH/c1-13(11(8-12)10-4-5-10)16(14,15)7-6-9-2-3-9;/h9-11H,2-8,12H2,1H3;1H. The lowest BCUT2D eigenvalue weighted by Gasteiger charge is -2.26. The number of rotatable bonds is 7. The summed E-state index contributed by atoms with van der Waals surface area (Å²) in [6, 6.07) is 0.0317. The molecule has 0 aliphatic heterocycles. The van der Waals surface area contributed by atoms with Gasteiger partial charge in [-0.15, -0.1) is 12.4 Å². The van der Waals surface area contributed by atoms with Crippen molar-refractivity contribution >= 4 is 22.4 Å². The van der Waals surface area contributed by atoms with Gasteiger partial charge in [-0.1, -0.05) is 12.8 Å². The van der Waals surface area contributed by atoms with Crippen LogP contribution in [0.3, 0.4) is 0 Å². The molecule has 1 unspecified atom stereocenters. The van der Waals surface area contributed by atoms with E-state index in [1.165, 1.54) is 17.1 Å². The summed E-state index contributed by atoms with van der Waals surface area (Å²) in [7, 11) is -1.39. The molecule has 1 atom stereocenters. The zero-order chi connectivity index (χ0) is 11.8. The molecule has 4 nitrogen and oxygen atoms in total. The van der Waals surface area contributed by atoms with Crippen LogP contribution in [0.1, 0.15) is 32.1 Å². The molecule has 2 saturated carbocycles. The summed E-state index contributed by atoms with van der Waals surface area (Å²) in [5, 5.41) is 0. The third kappa shape index (κ3) is 4.09. The molecular formula is C11H23ClN2O2S. The Hall–Kier alpha value is 0.160. The minimum atomic E-state index is -3.08. The van der Waals surface area contributed by atoms with Crippen molar-refractivity contribution in [2.24, 2.45) is 17.6 Å². The van der Waals surface area contributed by atoms with E-state index < -0.39 is 10.0 Å². The predicted molar refractivity (Wildman–Crippen MR) is 71.7 cm³/mol.